The molecule has 0 spiro atoms. The fraction of sp³-hybridized carbons (Fsp3) is 0.167. The summed E-state index contributed by atoms with van der Waals surface area (Å²) in [5, 5.41) is 1.59. The van der Waals surface area contributed by atoms with Crippen LogP contribution in [0.25, 0.3) is 28.0 Å². The second-order valence-electron chi connectivity index (χ2n) is 7.62. The molecule has 0 radical (unpaired) electrons. The van der Waals surface area contributed by atoms with Crippen molar-refractivity contribution in [1.29, 1.82) is 0 Å². The average molecular weight is 475 g/mol. The summed E-state index contributed by atoms with van der Waals surface area (Å²) in [6.07, 6.45) is 1.74. The van der Waals surface area contributed by atoms with Crippen molar-refractivity contribution in [2.24, 2.45) is 0 Å². The van der Waals surface area contributed by atoms with Crippen molar-refractivity contribution in [2.75, 3.05) is 7.11 Å². The van der Waals surface area contributed by atoms with Crippen LogP contribution in [0.1, 0.15) is 19.4 Å². The molecule has 7 heteroatoms. The third-order valence-electron chi connectivity index (χ3n) is 4.88. The van der Waals surface area contributed by atoms with E-state index in [9.17, 15) is 4.79 Å². The van der Waals surface area contributed by atoms with E-state index in [4.69, 9.17) is 49.3 Å². The normalized spacial score (nSPS) is 14.3. The van der Waals surface area contributed by atoms with Crippen molar-refractivity contribution in [3.05, 3.63) is 75.2 Å². The molecule has 2 aromatic carbocycles. The van der Waals surface area contributed by atoms with Crippen LogP contribution < -0.4 is 4.74 Å². The van der Waals surface area contributed by atoms with Gasteiger partial charge in [0.2, 0.25) is 5.88 Å². The molecule has 0 N–H and O–H groups in total. The molecule has 0 amide bonds. The van der Waals surface area contributed by atoms with E-state index in [1.165, 1.54) is 7.11 Å². The van der Waals surface area contributed by atoms with E-state index in [1.54, 1.807) is 30.3 Å². The number of hydrogen-bond acceptors (Lipinski definition) is 4. The highest BCUT2D eigenvalue weighted by molar-refractivity contribution is 6.36. The highest BCUT2D eigenvalue weighted by Gasteiger charge is 2.33. The van der Waals surface area contributed by atoms with E-state index in [2.05, 4.69) is 0 Å². The number of rotatable bonds is 3. The van der Waals surface area contributed by atoms with Gasteiger partial charge in [0.05, 0.1) is 29.0 Å². The number of fused-ring (bicyclic) bond motifs is 1. The highest BCUT2D eigenvalue weighted by Crippen LogP contribution is 2.43. The Hall–Kier alpha value is -2.53. The lowest BCUT2D eigenvalue weighted by molar-refractivity contribution is -0.133. The molecule has 4 rings (SSSR count). The Labute approximate surface area is 195 Å². The molecule has 0 atom stereocenters. The molecule has 0 bridgehead atoms. The van der Waals surface area contributed by atoms with Crippen LogP contribution in [0.5, 0.6) is 5.88 Å². The van der Waals surface area contributed by atoms with Crippen LogP contribution in [0, 0.1) is 0 Å². The minimum absolute atomic E-state index is 0.326. The summed E-state index contributed by atoms with van der Waals surface area (Å²) in [6, 6.07) is 14.4. The van der Waals surface area contributed by atoms with Crippen molar-refractivity contribution in [3.63, 3.8) is 0 Å². The lowest BCUT2D eigenvalue weighted by atomic mass is 9.92. The lowest BCUT2D eigenvalue weighted by Gasteiger charge is -2.30. The zero-order chi connectivity index (χ0) is 22.3. The fourth-order valence-corrected chi connectivity index (χ4v) is 4.11. The Kier molecular flexibility index (Phi) is 5.73. The van der Waals surface area contributed by atoms with Crippen LogP contribution >= 0.6 is 34.8 Å². The number of nitrogens with zero attached hydrogens (tertiary/aromatic N) is 1. The van der Waals surface area contributed by atoms with Gasteiger partial charge in [-0.05, 0) is 61.9 Å². The first kappa shape index (κ1) is 21.7. The van der Waals surface area contributed by atoms with Crippen LogP contribution in [-0.2, 0) is 9.53 Å². The highest BCUT2D eigenvalue weighted by atomic mass is 35.5. The Morgan fingerprint density at radius 1 is 0.935 bits per heavy atom. The molecule has 31 heavy (non-hydrogen) atoms. The molecular weight excluding hydrogens is 457 g/mol. The predicted octanol–water partition coefficient (Wildman–Crippen LogP) is 7.10. The minimum atomic E-state index is -0.744. The van der Waals surface area contributed by atoms with Gasteiger partial charge in [-0.3, -0.25) is 0 Å². The molecular formula is C24H18Cl3NO3. The molecule has 1 aliphatic rings. The number of benzene rings is 2. The first-order valence-corrected chi connectivity index (χ1v) is 10.6. The van der Waals surface area contributed by atoms with Gasteiger partial charge in [0.1, 0.15) is 5.60 Å². The molecule has 2 heterocycles. The second kappa shape index (κ2) is 8.19. The summed E-state index contributed by atoms with van der Waals surface area (Å²) >= 11 is 18.7. The quantitative estimate of drug-likeness (QED) is 0.380. The number of hydrogen-bond donors (Lipinski definition) is 0. The number of halogens is 3. The lowest BCUT2D eigenvalue weighted by Crippen LogP contribution is -2.31. The van der Waals surface area contributed by atoms with E-state index in [0.717, 1.165) is 11.1 Å². The molecule has 0 aliphatic carbocycles. The van der Waals surface area contributed by atoms with Crippen molar-refractivity contribution in [2.45, 2.75) is 19.4 Å². The number of ether oxygens (including phenoxy) is 2. The number of carbonyl (C=O) groups excluding carboxylic acids is 1. The predicted molar refractivity (Wildman–Crippen MR) is 125 cm³/mol. The Balaban J connectivity index is 2.02. The van der Waals surface area contributed by atoms with Crippen LogP contribution in [-0.4, -0.2) is 23.7 Å². The molecule has 158 valence electrons. The van der Waals surface area contributed by atoms with Crippen LogP contribution in [0.15, 0.2) is 54.6 Å². The Bertz CT molecular complexity index is 1220. The maximum Gasteiger partial charge on any atom is 0.338 e. The molecule has 0 saturated heterocycles. The molecule has 3 aromatic rings. The number of carbonyl (C=O) groups is 1. The van der Waals surface area contributed by atoms with E-state index in [-0.39, 0.29) is 0 Å². The van der Waals surface area contributed by atoms with E-state index in [1.807, 2.05) is 38.1 Å². The van der Waals surface area contributed by atoms with Gasteiger partial charge in [-0.1, -0.05) is 46.9 Å². The summed E-state index contributed by atoms with van der Waals surface area (Å²) < 4.78 is 11.1. The SMILES string of the molecule is COC(=O)C1=CC(C)(C)Oc2nc(-c3ccc(Cl)cc3Cl)c(-c3ccc(Cl)cc3)cc21. The van der Waals surface area contributed by atoms with Gasteiger partial charge < -0.3 is 9.47 Å². The minimum Gasteiger partial charge on any atom is -0.467 e. The van der Waals surface area contributed by atoms with E-state index >= 15 is 0 Å². The number of aromatic nitrogens is 1. The number of esters is 1. The third kappa shape index (κ3) is 4.29. The molecule has 0 unspecified atom stereocenters. The molecule has 0 saturated carbocycles. The van der Waals surface area contributed by atoms with Crippen molar-refractivity contribution < 1.29 is 14.3 Å². The van der Waals surface area contributed by atoms with Gasteiger partial charge in [0.15, 0.2) is 0 Å². The van der Waals surface area contributed by atoms with Crippen LogP contribution in [0.3, 0.4) is 0 Å². The summed E-state index contributed by atoms with van der Waals surface area (Å²) in [7, 11) is 1.35. The van der Waals surface area contributed by atoms with Crippen molar-refractivity contribution in [3.8, 4) is 28.3 Å². The zero-order valence-corrected chi connectivity index (χ0v) is 19.3. The standard InChI is InChI=1S/C24H18Cl3NO3/c1-24(2)12-19(23(29)30-3)18-11-17(13-4-6-14(25)7-5-13)21(28-22(18)31-24)16-9-8-15(26)10-20(16)27/h4-12H,1-3H3. The van der Waals surface area contributed by atoms with Crippen LogP contribution in [0.2, 0.25) is 15.1 Å². The van der Waals surface area contributed by atoms with Crippen molar-refractivity contribution in [1.82, 2.24) is 4.98 Å². The zero-order valence-electron chi connectivity index (χ0n) is 17.0. The first-order chi connectivity index (χ1) is 14.7. The maximum absolute atomic E-state index is 12.5. The van der Waals surface area contributed by atoms with Gasteiger partial charge in [-0.25, -0.2) is 9.78 Å². The summed E-state index contributed by atoms with van der Waals surface area (Å²) in [5.41, 5.74) is 3.11. The molecule has 1 aromatic heterocycles. The first-order valence-electron chi connectivity index (χ1n) is 9.45. The topological polar surface area (TPSA) is 48.4 Å². The van der Waals surface area contributed by atoms with Gasteiger partial charge in [-0.2, -0.15) is 0 Å². The van der Waals surface area contributed by atoms with Gasteiger partial charge in [0, 0.05) is 21.2 Å². The molecule has 0 fully saturated rings. The Morgan fingerprint density at radius 2 is 1.61 bits per heavy atom. The number of methoxy groups -OCH3 is 1. The average Bonchev–Trinajstić information content (AvgIpc) is 2.72. The fourth-order valence-electron chi connectivity index (χ4n) is 3.49. The van der Waals surface area contributed by atoms with Crippen LogP contribution in [0.4, 0.5) is 0 Å². The van der Waals surface area contributed by atoms with Gasteiger partial charge >= 0.3 is 5.97 Å². The molecule has 1 aliphatic heterocycles. The summed E-state index contributed by atoms with van der Waals surface area (Å²) in [4.78, 5) is 17.3. The van der Waals surface area contributed by atoms with Crippen molar-refractivity contribution >= 4 is 46.3 Å². The monoisotopic (exact) mass is 473 g/mol. The Morgan fingerprint density at radius 3 is 2.26 bits per heavy atom. The summed E-state index contributed by atoms with van der Waals surface area (Å²) in [5.74, 6) is -0.134. The van der Waals surface area contributed by atoms with E-state index in [0.29, 0.717) is 43.3 Å². The molecule has 4 nitrogen and oxygen atoms in total. The number of pyridine rings is 1. The third-order valence-corrected chi connectivity index (χ3v) is 5.68. The second-order valence-corrected chi connectivity index (χ2v) is 8.90. The largest absolute Gasteiger partial charge is 0.467 e. The summed E-state index contributed by atoms with van der Waals surface area (Å²) in [6.45, 7) is 3.70. The smallest absolute Gasteiger partial charge is 0.338 e. The van der Waals surface area contributed by atoms with E-state index < -0.39 is 11.6 Å². The van der Waals surface area contributed by atoms with Gasteiger partial charge in [0.25, 0.3) is 0 Å². The maximum atomic E-state index is 12.5. The van der Waals surface area contributed by atoms with Gasteiger partial charge in [-0.15, -0.1) is 0 Å².